The van der Waals surface area contributed by atoms with Gasteiger partial charge in [0.2, 0.25) is 11.8 Å². The minimum atomic E-state index is -0.603. The van der Waals surface area contributed by atoms with Gasteiger partial charge in [0.05, 0.1) is 7.11 Å². The molecule has 0 spiro atoms. The number of imide groups is 1. The van der Waals surface area contributed by atoms with Gasteiger partial charge in [0, 0.05) is 43.6 Å². The van der Waals surface area contributed by atoms with Crippen LogP contribution in [0, 0.1) is 0 Å². The van der Waals surface area contributed by atoms with Crippen molar-refractivity contribution < 1.29 is 23.9 Å². The number of carbonyl (C=O) groups excluding carboxylic acids is 3. The number of piperidine rings is 1. The fraction of sp³-hybridized carbons (Fsp3) is 0.483. The van der Waals surface area contributed by atoms with Crippen LogP contribution in [0.5, 0.6) is 11.5 Å². The van der Waals surface area contributed by atoms with E-state index in [1.165, 1.54) is 12.0 Å². The Morgan fingerprint density at radius 3 is 2.59 bits per heavy atom. The third kappa shape index (κ3) is 4.59. The smallest absolute Gasteiger partial charge is 0.255 e. The van der Waals surface area contributed by atoms with Gasteiger partial charge in [-0.2, -0.15) is 0 Å². The minimum absolute atomic E-state index is 0.112. The average Bonchev–Trinajstić information content (AvgIpc) is 3.19. The molecule has 1 aliphatic carbocycles. The molecule has 3 heterocycles. The minimum Gasteiger partial charge on any atom is -0.497 e. The first-order valence-electron chi connectivity index (χ1n) is 13.3. The van der Waals surface area contributed by atoms with Crippen molar-refractivity contribution in [1.29, 1.82) is 0 Å². The third-order valence-electron chi connectivity index (χ3n) is 8.39. The van der Waals surface area contributed by atoms with Crippen molar-refractivity contribution in [1.82, 2.24) is 15.1 Å². The van der Waals surface area contributed by atoms with Crippen molar-refractivity contribution in [2.75, 3.05) is 20.2 Å². The van der Waals surface area contributed by atoms with E-state index in [1.54, 1.807) is 12.0 Å². The van der Waals surface area contributed by atoms with Crippen LogP contribution in [0.25, 0.3) is 0 Å². The lowest BCUT2D eigenvalue weighted by atomic mass is 9.84. The molecule has 4 aliphatic rings. The zero-order valence-corrected chi connectivity index (χ0v) is 21.2. The molecule has 0 aromatic heterocycles. The molecular formula is C29H33N3O5. The van der Waals surface area contributed by atoms with Gasteiger partial charge < -0.3 is 14.4 Å². The number of carbonyl (C=O) groups is 3. The molecule has 0 radical (unpaired) electrons. The molecule has 2 aromatic rings. The molecule has 37 heavy (non-hydrogen) atoms. The molecule has 3 atom stereocenters. The van der Waals surface area contributed by atoms with Crippen LogP contribution in [0.3, 0.4) is 0 Å². The summed E-state index contributed by atoms with van der Waals surface area (Å²) in [5.41, 5.74) is 2.82. The number of methoxy groups -OCH3 is 1. The summed E-state index contributed by atoms with van der Waals surface area (Å²) < 4.78 is 12.0. The van der Waals surface area contributed by atoms with Crippen LogP contribution in [-0.4, -0.2) is 65.9 Å². The first-order valence-corrected chi connectivity index (χ1v) is 13.3. The number of rotatable bonds is 6. The van der Waals surface area contributed by atoms with Gasteiger partial charge in [0.15, 0.2) is 0 Å². The van der Waals surface area contributed by atoms with Gasteiger partial charge in [-0.05, 0) is 67.1 Å². The van der Waals surface area contributed by atoms with Crippen LogP contribution in [-0.2, 0) is 16.1 Å². The molecule has 1 N–H and O–H groups in total. The Balaban J connectivity index is 1.11. The Labute approximate surface area is 216 Å². The van der Waals surface area contributed by atoms with Crippen LogP contribution in [0.15, 0.2) is 42.5 Å². The Morgan fingerprint density at radius 2 is 1.78 bits per heavy atom. The Bertz CT molecular complexity index is 1220. The zero-order valence-electron chi connectivity index (χ0n) is 21.2. The highest BCUT2D eigenvalue weighted by atomic mass is 16.5. The molecule has 194 valence electrons. The second-order valence-electron chi connectivity index (χ2n) is 10.7. The van der Waals surface area contributed by atoms with E-state index in [9.17, 15) is 14.4 Å². The maximum atomic E-state index is 13.0. The van der Waals surface area contributed by atoms with Gasteiger partial charge in [-0.15, -0.1) is 0 Å². The van der Waals surface area contributed by atoms with Crippen LogP contribution < -0.4 is 14.8 Å². The highest BCUT2D eigenvalue weighted by Gasteiger charge is 2.41. The summed E-state index contributed by atoms with van der Waals surface area (Å²) in [6.45, 7) is 2.41. The first-order chi connectivity index (χ1) is 18.0. The van der Waals surface area contributed by atoms with Crippen LogP contribution >= 0.6 is 0 Å². The van der Waals surface area contributed by atoms with E-state index in [0.29, 0.717) is 30.5 Å². The Hall–Kier alpha value is -3.39. The van der Waals surface area contributed by atoms with Crippen LogP contribution in [0.4, 0.5) is 0 Å². The maximum Gasteiger partial charge on any atom is 0.255 e. The van der Waals surface area contributed by atoms with E-state index in [4.69, 9.17) is 9.47 Å². The SMILES string of the molecule is COc1cccc(C2CN([C@H]3CCCC[C@H]3Oc3ccc4c(c3)CN(C3CCC(=O)NC3=O)C4=O)C2)c1. The zero-order chi connectivity index (χ0) is 25.5. The number of likely N-dealkylation sites (tertiary alicyclic amines) is 1. The van der Waals surface area contributed by atoms with Crippen molar-refractivity contribution in [3.63, 3.8) is 0 Å². The van der Waals surface area contributed by atoms with E-state index >= 15 is 0 Å². The number of hydrogen-bond acceptors (Lipinski definition) is 6. The van der Waals surface area contributed by atoms with Gasteiger partial charge in [-0.1, -0.05) is 18.6 Å². The molecule has 3 amide bonds. The van der Waals surface area contributed by atoms with E-state index in [-0.39, 0.29) is 30.2 Å². The lowest BCUT2D eigenvalue weighted by Gasteiger charge is -2.48. The third-order valence-corrected chi connectivity index (χ3v) is 8.39. The van der Waals surface area contributed by atoms with Crippen molar-refractivity contribution in [3.05, 3.63) is 59.2 Å². The molecule has 0 bridgehead atoms. The lowest BCUT2D eigenvalue weighted by Crippen LogP contribution is -2.57. The number of amides is 3. The molecule has 8 heteroatoms. The largest absolute Gasteiger partial charge is 0.497 e. The molecule has 6 rings (SSSR count). The number of nitrogens with one attached hydrogen (secondary N) is 1. The highest BCUT2D eigenvalue weighted by Crippen LogP contribution is 2.37. The Morgan fingerprint density at radius 1 is 0.946 bits per heavy atom. The quantitative estimate of drug-likeness (QED) is 0.609. The number of nitrogens with zero attached hydrogens (tertiary/aromatic N) is 2. The summed E-state index contributed by atoms with van der Waals surface area (Å²) in [5.74, 6) is 1.37. The van der Waals surface area contributed by atoms with Crippen LogP contribution in [0.2, 0.25) is 0 Å². The molecular weight excluding hydrogens is 470 g/mol. The fourth-order valence-electron chi connectivity index (χ4n) is 6.32. The molecule has 8 nitrogen and oxygen atoms in total. The van der Waals surface area contributed by atoms with E-state index in [0.717, 1.165) is 49.4 Å². The number of benzene rings is 2. The predicted molar refractivity (Wildman–Crippen MR) is 136 cm³/mol. The maximum absolute atomic E-state index is 13.0. The van der Waals surface area contributed by atoms with Gasteiger partial charge in [0.1, 0.15) is 23.6 Å². The molecule has 2 saturated heterocycles. The van der Waals surface area contributed by atoms with E-state index in [1.807, 2.05) is 24.3 Å². The second kappa shape index (κ2) is 9.82. The number of hydrogen-bond donors (Lipinski definition) is 1. The Kier molecular flexibility index (Phi) is 6.36. The lowest BCUT2D eigenvalue weighted by molar-refractivity contribution is -0.136. The molecule has 1 unspecified atom stereocenters. The number of fused-ring (bicyclic) bond motifs is 1. The van der Waals surface area contributed by atoms with Crippen molar-refractivity contribution in [2.45, 2.75) is 69.2 Å². The van der Waals surface area contributed by atoms with Gasteiger partial charge >= 0.3 is 0 Å². The summed E-state index contributed by atoms with van der Waals surface area (Å²) in [6.07, 6.45) is 5.24. The molecule has 3 fully saturated rings. The average molecular weight is 504 g/mol. The van der Waals surface area contributed by atoms with Gasteiger partial charge in [0.25, 0.3) is 5.91 Å². The van der Waals surface area contributed by atoms with Crippen molar-refractivity contribution in [3.8, 4) is 11.5 Å². The summed E-state index contributed by atoms with van der Waals surface area (Å²) >= 11 is 0. The fourth-order valence-corrected chi connectivity index (χ4v) is 6.32. The van der Waals surface area contributed by atoms with Crippen molar-refractivity contribution in [2.24, 2.45) is 0 Å². The van der Waals surface area contributed by atoms with Crippen molar-refractivity contribution >= 4 is 17.7 Å². The number of ether oxygens (including phenoxy) is 2. The van der Waals surface area contributed by atoms with Crippen LogP contribution in [0.1, 0.15) is 65.9 Å². The summed E-state index contributed by atoms with van der Waals surface area (Å²) in [4.78, 5) is 41.0. The standard InChI is InChI=1S/C29H33N3O5/c1-36-21-6-4-5-18(13-21)20-15-31(16-20)24-7-2-3-8-26(24)37-22-9-10-23-19(14-22)17-32(29(23)35)25-11-12-27(33)30-28(25)34/h4-6,9-10,13-14,20,24-26H,2-3,7-8,11-12,15-17H2,1H3,(H,30,33,34)/t24-,25?,26+/m0/s1. The van der Waals surface area contributed by atoms with Gasteiger partial charge in [-0.25, -0.2) is 0 Å². The predicted octanol–water partition coefficient (Wildman–Crippen LogP) is 3.25. The topological polar surface area (TPSA) is 88.2 Å². The molecule has 2 aromatic carbocycles. The summed E-state index contributed by atoms with van der Waals surface area (Å²) in [5, 5.41) is 2.36. The van der Waals surface area contributed by atoms with E-state index in [2.05, 4.69) is 28.4 Å². The summed E-state index contributed by atoms with van der Waals surface area (Å²) in [7, 11) is 1.71. The van der Waals surface area contributed by atoms with E-state index < -0.39 is 6.04 Å². The highest BCUT2D eigenvalue weighted by molar-refractivity contribution is 6.05. The monoisotopic (exact) mass is 503 g/mol. The second-order valence-corrected chi connectivity index (χ2v) is 10.7. The molecule has 3 aliphatic heterocycles. The van der Waals surface area contributed by atoms with Gasteiger partial charge in [-0.3, -0.25) is 24.6 Å². The summed E-state index contributed by atoms with van der Waals surface area (Å²) in [6, 6.07) is 13.8. The first kappa shape index (κ1) is 24.0. The molecule has 1 saturated carbocycles. The normalized spacial score (nSPS) is 26.5.